The van der Waals surface area contributed by atoms with E-state index in [9.17, 15) is 9.90 Å². The summed E-state index contributed by atoms with van der Waals surface area (Å²) < 4.78 is 0. The third kappa shape index (κ3) is 0.454. The molecule has 5 aliphatic carbocycles. The highest BCUT2D eigenvalue weighted by Crippen LogP contribution is 2.84. The van der Waals surface area contributed by atoms with Crippen LogP contribution in [0.2, 0.25) is 0 Å². The van der Waals surface area contributed by atoms with E-state index in [1.54, 1.807) is 0 Å². The van der Waals surface area contributed by atoms with Crippen LogP contribution in [0.1, 0.15) is 12.8 Å². The number of nitrogens with zero attached hydrogens (tertiary/aromatic N) is 1. The molecule has 0 heterocycles. The van der Waals surface area contributed by atoms with Gasteiger partial charge < -0.3 is 5.11 Å². The summed E-state index contributed by atoms with van der Waals surface area (Å²) in [5.41, 5.74) is -0.998. The molecule has 0 aromatic carbocycles. The monoisotopic (exact) mass is 189 g/mol. The molecule has 3 heteroatoms. The average molecular weight is 189 g/mol. The quantitative estimate of drug-likeness (QED) is 0.672. The molecule has 0 aliphatic heterocycles. The molecule has 5 aliphatic rings. The van der Waals surface area contributed by atoms with Crippen molar-refractivity contribution < 1.29 is 9.90 Å². The molecule has 0 spiro atoms. The standard InChI is InChI=1S/C11H11NO2/c12-3-11(10(13)14)2-6-4-1-5-7(6)8(5)9(4)11/h4-9H,1-2H2,(H,13,14). The van der Waals surface area contributed by atoms with Crippen LogP contribution in [-0.2, 0) is 4.79 Å². The lowest BCUT2D eigenvalue weighted by atomic mass is 9.74. The first-order valence-corrected chi connectivity index (χ1v) is 5.35. The van der Waals surface area contributed by atoms with E-state index in [-0.39, 0.29) is 5.92 Å². The lowest BCUT2D eigenvalue weighted by molar-refractivity contribution is -0.148. The largest absolute Gasteiger partial charge is 0.480 e. The summed E-state index contributed by atoms with van der Waals surface area (Å²) >= 11 is 0. The van der Waals surface area contributed by atoms with E-state index in [4.69, 9.17) is 5.26 Å². The maximum absolute atomic E-state index is 11.3. The summed E-state index contributed by atoms with van der Waals surface area (Å²) in [4.78, 5) is 11.3. The van der Waals surface area contributed by atoms with Gasteiger partial charge in [-0.15, -0.1) is 0 Å². The zero-order chi connectivity index (χ0) is 9.66. The number of aliphatic carboxylic acids is 1. The molecule has 5 fully saturated rings. The first-order valence-electron chi connectivity index (χ1n) is 5.35. The Hall–Kier alpha value is -1.04. The Labute approximate surface area is 81.7 Å². The van der Waals surface area contributed by atoms with E-state index in [2.05, 4.69) is 6.07 Å². The topological polar surface area (TPSA) is 61.1 Å². The van der Waals surface area contributed by atoms with E-state index in [0.29, 0.717) is 24.2 Å². The predicted molar refractivity (Wildman–Crippen MR) is 45.9 cm³/mol. The molecule has 0 aromatic heterocycles. The van der Waals surface area contributed by atoms with Gasteiger partial charge in [0.2, 0.25) is 0 Å². The Kier molecular flexibility index (Phi) is 0.890. The number of carboxylic acids is 1. The number of carboxylic acid groups (broad SMARTS) is 1. The van der Waals surface area contributed by atoms with Crippen molar-refractivity contribution in [2.75, 3.05) is 0 Å². The van der Waals surface area contributed by atoms with Gasteiger partial charge in [0.25, 0.3) is 0 Å². The van der Waals surface area contributed by atoms with E-state index in [1.807, 2.05) is 0 Å². The summed E-state index contributed by atoms with van der Waals surface area (Å²) in [6, 6.07) is 2.12. The molecule has 72 valence electrons. The Morgan fingerprint density at radius 3 is 2.57 bits per heavy atom. The molecule has 1 N–H and O–H groups in total. The van der Waals surface area contributed by atoms with Gasteiger partial charge in [-0.25, -0.2) is 0 Å². The van der Waals surface area contributed by atoms with Crippen molar-refractivity contribution in [3.63, 3.8) is 0 Å². The molecule has 6 bridgehead atoms. The number of nitriles is 1. The number of rotatable bonds is 1. The van der Waals surface area contributed by atoms with Gasteiger partial charge >= 0.3 is 5.97 Å². The molecule has 3 nitrogen and oxygen atoms in total. The van der Waals surface area contributed by atoms with Crippen LogP contribution < -0.4 is 0 Å². The van der Waals surface area contributed by atoms with Crippen LogP contribution in [0.3, 0.4) is 0 Å². The number of hydrogen-bond acceptors (Lipinski definition) is 2. The third-order valence-electron chi connectivity index (χ3n) is 5.46. The molecular formula is C11H11NO2. The maximum Gasteiger partial charge on any atom is 0.324 e. The van der Waals surface area contributed by atoms with Crippen molar-refractivity contribution in [3.8, 4) is 6.07 Å². The first kappa shape index (κ1) is 7.28. The zero-order valence-corrected chi connectivity index (χ0v) is 7.68. The summed E-state index contributed by atoms with van der Waals surface area (Å²) in [6.07, 6.45) is 1.87. The molecule has 5 rings (SSSR count). The van der Waals surface area contributed by atoms with Gasteiger partial charge in [0.15, 0.2) is 5.41 Å². The van der Waals surface area contributed by atoms with Crippen molar-refractivity contribution in [1.29, 1.82) is 5.26 Å². The fourth-order valence-electron chi connectivity index (χ4n) is 5.21. The van der Waals surface area contributed by atoms with Crippen molar-refractivity contribution in [2.24, 2.45) is 40.9 Å². The lowest BCUT2D eigenvalue weighted by Gasteiger charge is -2.26. The van der Waals surface area contributed by atoms with Crippen LogP contribution in [-0.4, -0.2) is 11.1 Å². The van der Waals surface area contributed by atoms with Gasteiger partial charge in [-0.2, -0.15) is 5.26 Å². The molecule has 0 saturated heterocycles. The lowest BCUT2D eigenvalue weighted by Crippen LogP contribution is -2.36. The highest BCUT2D eigenvalue weighted by atomic mass is 16.4. The molecular weight excluding hydrogens is 178 g/mol. The summed E-state index contributed by atoms with van der Waals surface area (Å²) in [5.74, 6) is 2.79. The molecule has 0 radical (unpaired) electrons. The molecule has 0 amide bonds. The minimum atomic E-state index is -0.998. The SMILES string of the molecule is N#CC1(C(=O)O)CC2C3CC4C2C4C31. The van der Waals surface area contributed by atoms with Crippen molar-refractivity contribution >= 4 is 5.97 Å². The number of carbonyl (C=O) groups is 1. The van der Waals surface area contributed by atoms with E-state index in [0.717, 1.165) is 11.8 Å². The van der Waals surface area contributed by atoms with Crippen LogP contribution in [0.25, 0.3) is 0 Å². The normalized spacial score (nSPS) is 65.4. The Morgan fingerprint density at radius 1 is 1.36 bits per heavy atom. The Morgan fingerprint density at radius 2 is 2.14 bits per heavy atom. The fraction of sp³-hybridized carbons (Fsp3) is 0.818. The highest BCUT2D eigenvalue weighted by Gasteiger charge is 2.83. The summed E-state index contributed by atoms with van der Waals surface area (Å²) in [7, 11) is 0. The van der Waals surface area contributed by atoms with Gasteiger partial charge in [0.05, 0.1) is 6.07 Å². The van der Waals surface area contributed by atoms with Crippen LogP contribution in [0, 0.1) is 52.3 Å². The van der Waals surface area contributed by atoms with Gasteiger partial charge in [0, 0.05) is 0 Å². The van der Waals surface area contributed by atoms with Crippen molar-refractivity contribution in [1.82, 2.24) is 0 Å². The second-order valence-electron chi connectivity index (χ2n) is 5.50. The smallest absolute Gasteiger partial charge is 0.324 e. The molecule has 7 unspecified atom stereocenters. The second-order valence-corrected chi connectivity index (χ2v) is 5.50. The van der Waals surface area contributed by atoms with Gasteiger partial charge in [0.1, 0.15) is 0 Å². The zero-order valence-electron chi connectivity index (χ0n) is 7.68. The predicted octanol–water partition coefficient (Wildman–Crippen LogP) is 1.11. The fourth-order valence-corrected chi connectivity index (χ4v) is 5.21. The molecule has 5 saturated carbocycles. The average Bonchev–Trinajstić information content (AvgIpc) is 2.58. The van der Waals surface area contributed by atoms with Crippen LogP contribution >= 0.6 is 0 Å². The van der Waals surface area contributed by atoms with Gasteiger partial charge in [-0.3, -0.25) is 4.79 Å². The van der Waals surface area contributed by atoms with Crippen LogP contribution in [0.15, 0.2) is 0 Å². The molecule has 7 atom stereocenters. The number of hydrogen-bond donors (Lipinski definition) is 1. The van der Waals surface area contributed by atoms with Gasteiger partial charge in [-0.05, 0) is 48.3 Å². The van der Waals surface area contributed by atoms with E-state index in [1.165, 1.54) is 6.42 Å². The minimum absolute atomic E-state index is 0.213. The van der Waals surface area contributed by atoms with Crippen molar-refractivity contribution in [3.05, 3.63) is 0 Å². The molecule has 0 aromatic rings. The second kappa shape index (κ2) is 1.71. The van der Waals surface area contributed by atoms with Gasteiger partial charge in [-0.1, -0.05) is 0 Å². The Balaban J connectivity index is 1.87. The van der Waals surface area contributed by atoms with E-state index >= 15 is 0 Å². The summed E-state index contributed by atoms with van der Waals surface area (Å²) in [5, 5.41) is 18.4. The maximum atomic E-state index is 11.3. The van der Waals surface area contributed by atoms with Crippen LogP contribution in [0.5, 0.6) is 0 Å². The third-order valence-corrected chi connectivity index (χ3v) is 5.46. The first-order chi connectivity index (χ1) is 6.70. The van der Waals surface area contributed by atoms with E-state index < -0.39 is 11.4 Å². The van der Waals surface area contributed by atoms with Crippen molar-refractivity contribution in [2.45, 2.75) is 12.8 Å². The highest BCUT2D eigenvalue weighted by molar-refractivity contribution is 5.80. The molecule has 14 heavy (non-hydrogen) atoms. The Bertz CT molecular complexity index is 399. The summed E-state index contributed by atoms with van der Waals surface area (Å²) in [6.45, 7) is 0. The minimum Gasteiger partial charge on any atom is -0.480 e. The van der Waals surface area contributed by atoms with Crippen LogP contribution in [0.4, 0.5) is 0 Å².